The van der Waals surface area contributed by atoms with E-state index in [-0.39, 0.29) is 30.5 Å². The van der Waals surface area contributed by atoms with E-state index in [4.69, 9.17) is 14.2 Å². The first-order valence-corrected chi connectivity index (χ1v) is 16.9. The highest BCUT2D eigenvalue weighted by Gasteiger charge is 2.41. The number of nitrogens with zero attached hydrogens (tertiary/aromatic N) is 2. The zero-order valence-electron chi connectivity index (χ0n) is 28.5. The molecule has 45 heavy (non-hydrogen) atoms. The van der Waals surface area contributed by atoms with Crippen LogP contribution >= 0.6 is 0 Å². The van der Waals surface area contributed by atoms with Gasteiger partial charge in [-0.25, -0.2) is 4.79 Å². The maximum Gasteiger partial charge on any atom is 0.410 e. The molecule has 1 amide bonds. The van der Waals surface area contributed by atoms with E-state index in [9.17, 15) is 24.9 Å². The van der Waals surface area contributed by atoms with Crippen molar-refractivity contribution in [1.29, 1.82) is 0 Å². The molecule has 3 aliphatic rings. The van der Waals surface area contributed by atoms with Gasteiger partial charge in [0.05, 0.1) is 24.2 Å². The smallest absolute Gasteiger partial charge is 0.410 e. The number of carbonyl (C=O) groups is 2. The largest absolute Gasteiger partial charge is 0.483 e. The molecule has 10 nitrogen and oxygen atoms in total. The number of ether oxygens (including phenoxy) is 3. The molecule has 0 radical (unpaired) electrons. The first-order valence-electron chi connectivity index (χ1n) is 16.9. The molecule has 3 N–H and O–H groups in total. The van der Waals surface area contributed by atoms with Crippen molar-refractivity contribution in [1.82, 2.24) is 9.80 Å². The van der Waals surface area contributed by atoms with Gasteiger partial charge >= 0.3 is 12.1 Å². The highest BCUT2D eigenvalue weighted by atomic mass is 16.6. The Balaban J connectivity index is 1.67. The highest BCUT2D eigenvalue weighted by molar-refractivity contribution is 5.70. The summed E-state index contributed by atoms with van der Waals surface area (Å²) >= 11 is 0. The van der Waals surface area contributed by atoms with Gasteiger partial charge in [0.2, 0.25) is 0 Å². The molecule has 0 spiro atoms. The van der Waals surface area contributed by atoms with Crippen molar-refractivity contribution >= 4 is 12.1 Å². The summed E-state index contributed by atoms with van der Waals surface area (Å²) < 4.78 is 17.6. The number of aliphatic hydroxyl groups is 3. The third kappa shape index (κ3) is 11.4. The second-order valence-corrected chi connectivity index (χ2v) is 13.6. The van der Waals surface area contributed by atoms with E-state index in [1.807, 2.05) is 52.8 Å². The second-order valence-electron chi connectivity index (χ2n) is 13.6. The zero-order valence-corrected chi connectivity index (χ0v) is 28.5. The van der Waals surface area contributed by atoms with E-state index in [2.05, 4.69) is 11.8 Å². The number of hydrogen-bond donors (Lipinski definition) is 3. The molecular weight excluding hydrogens is 576 g/mol. The van der Waals surface area contributed by atoms with Crippen molar-refractivity contribution in [2.24, 2.45) is 11.8 Å². The number of rotatable bonds is 10. The molecule has 3 aliphatic heterocycles. The van der Waals surface area contributed by atoms with Crippen LogP contribution in [0.4, 0.5) is 4.79 Å². The van der Waals surface area contributed by atoms with Gasteiger partial charge in [0.25, 0.3) is 0 Å². The predicted octanol–water partition coefficient (Wildman–Crippen LogP) is 4.73. The molecular formula is C35H58N2O8. The van der Waals surface area contributed by atoms with Crippen LogP contribution in [0.5, 0.6) is 0 Å². The molecule has 0 aromatic heterocycles. The van der Waals surface area contributed by atoms with Crippen LogP contribution in [0, 0.1) is 11.8 Å². The maximum atomic E-state index is 13.1. The molecule has 3 rings (SSSR count). The van der Waals surface area contributed by atoms with Crippen LogP contribution in [0.2, 0.25) is 0 Å². The topological polar surface area (TPSA) is 132 Å². The molecule has 2 fully saturated rings. The van der Waals surface area contributed by atoms with Gasteiger partial charge in [-0.05, 0) is 82.6 Å². The van der Waals surface area contributed by atoms with Gasteiger partial charge in [0.1, 0.15) is 18.0 Å². The van der Waals surface area contributed by atoms with Gasteiger partial charge in [0.15, 0.2) is 6.10 Å². The average molecular weight is 635 g/mol. The van der Waals surface area contributed by atoms with Gasteiger partial charge < -0.3 is 39.3 Å². The molecule has 8 atom stereocenters. The van der Waals surface area contributed by atoms with Crippen LogP contribution in [0.15, 0.2) is 35.1 Å². The Morgan fingerprint density at radius 2 is 1.82 bits per heavy atom. The predicted molar refractivity (Wildman–Crippen MR) is 173 cm³/mol. The summed E-state index contributed by atoms with van der Waals surface area (Å²) in [5, 5.41) is 31.7. The highest BCUT2D eigenvalue weighted by Crippen LogP contribution is 2.39. The molecule has 8 unspecified atom stereocenters. The van der Waals surface area contributed by atoms with Crippen molar-refractivity contribution < 1.29 is 39.1 Å². The normalized spacial score (nSPS) is 32.6. The van der Waals surface area contributed by atoms with Crippen molar-refractivity contribution in [3.8, 4) is 0 Å². The van der Waals surface area contributed by atoms with E-state index in [0.29, 0.717) is 51.6 Å². The third-order valence-corrected chi connectivity index (χ3v) is 9.58. The summed E-state index contributed by atoms with van der Waals surface area (Å²) in [5.41, 5.74) is 0.700. The Hall–Kier alpha value is -2.40. The monoisotopic (exact) mass is 634 g/mol. The molecule has 2 saturated heterocycles. The first-order chi connectivity index (χ1) is 21.2. The van der Waals surface area contributed by atoms with Crippen LogP contribution in [-0.4, -0.2) is 106 Å². The molecule has 3 heterocycles. The molecule has 0 aromatic rings. The average Bonchev–Trinajstić information content (AvgIpc) is 3.76. The Kier molecular flexibility index (Phi) is 14.0. The van der Waals surface area contributed by atoms with Crippen LogP contribution in [0.1, 0.15) is 93.4 Å². The fourth-order valence-corrected chi connectivity index (χ4v) is 6.19. The number of cyclic esters (lactones) is 1. The maximum absolute atomic E-state index is 13.1. The summed E-state index contributed by atoms with van der Waals surface area (Å²) in [6.45, 7) is 17.4. The van der Waals surface area contributed by atoms with Crippen LogP contribution < -0.4 is 0 Å². The minimum Gasteiger partial charge on any atom is -0.483 e. The number of hydrogen-bond acceptors (Lipinski definition) is 9. The van der Waals surface area contributed by atoms with E-state index in [0.717, 1.165) is 36.5 Å². The number of piperazine rings is 1. The zero-order chi connectivity index (χ0) is 33.3. The lowest BCUT2D eigenvalue weighted by atomic mass is 9.90. The van der Waals surface area contributed by atoms with E-state index in [1.54, 1.807) is 11.8 Å². The minimum absolute atomic E-state index is 0.0448. The van der Waals surface area contributed by atoms with Gasteiger partial charge in [-0.2, -0.15) is 0 Å². The lowest BCUT2D eigenvalue weighted by Crippen LogP contribution is -2.49. The quantitative estimate of drug-likeness (QED) is 0.177. The third-order valence-electron chi connectivity index (χ3n) is 9.58. The van der Waals surface area contributed by atoms with E-state index >= 15 is 0 Å². The Morgan fingerprint density at radius 1 is 1.13 bits per heavy atom. The van der Waals surface area contributed by atoms with Crippen molar-refractivity contribution in [2.75, 3.05) is 32.7 Å². The molecule has 10 heteroatoms. The molecule has 0 aliphatic carbocycles. The summed E-state index contributed by atoms with van der Waals surface area (Å²) in [6, 6.07) is 0. The van der Waals surface area contributed by atoms with E-state index in [1.165, 1.54) is 0 Å². The number of carbonyl (C=O) groups excluding carboxylic acids is 2. The van der Waals surface area contributed by atoms with Gasteiger partial charge in [0, 0.05) is 38.5 Å². The number of aliphatic hydroxyl groups excluding tert-OH is 2. The molecule has 0 bridgehead atoms. The van der Waals surface area contributed by atoms with Crippen molar-refractivity contribution in [3.63, 3.8) is 0 Å². The second kappa shape index (κ2) is 17.0. The number of amides is 1. The molecule has 256 valence electrons. The fourth-order valence-electron chi connectivity index (χ4n) is 6.19. The van der Waals surface area contributed by atoms with Gasteiger partial charge in [-0.3, -0.25) is 4.79 Å². The fraction of sp³-hybridized carbons (Fsp3) is 0.771. The Labute approximate surface area is 270 Å². The van der Waals surface area contributed by atoms with Crippen molar-refractivity contribution in [2.45, 2.75) is 130 Å². The summed E-state index contributed by atoms with van der Waals surface area (Å²) in [7, 11) is 0. The number of allylic oxidation sites excluding steroid dienone is 1. The number of esters is 1. The standard InChI is InChI=1S/C35H58N2O8/c1-8-28(39)26(6)33-30(43-33)22-35(7,42)16-10-11-24(4)32-25(5)13-15-29(23(3)12-14-27(38)21-31(40)45-32)44-34(41)37-19-17-36(9-2)18-20-37/h11,13,15,23,25,27-30,32,38-39,42H,8-10,12,14,16-22H2,1-7H3/b15-13+,24-11+,33-26?. The van der Waals surface area contributed by atoms with Crippen molar-refractivity contribution in [3.05, 3.63) is 35.1 Å². The summed E-state index contributed by atoms with van der Waals surface area (Å²) in [4.78, 5) is 30.0. The molecule has 0 saturated carbocycles. The van der Waals surface area contributed by atoms with Crippen LogP contribution in [-0.2, 0) is 19.0 Å². The summed E-state index contributed by atoms with van der Waals surface area (Å²) in [5.74, 6) is 0.0577. The Bertz CT molecular complexity index is 1080. The van der Waals surface area contributed by atoms with E-state index < -0.39 is 36.0 Å². The van der Waals surface area contributed by atoms with Gasteiger partial charge in [-0.1, -0.05) is 39.8 Å². The number of likely N-dealkylation sites (N-methyl/N-ethyl adjacent to an activating group) is 1. The van der Waals surface area contributed by atoms with Gasteiger partial charge in [-0.15, -0.1) is 0 Å². The Morgan fingerprint density at radius 3 is 2.47 bits per heavy atom. The minimum atomic E-state index is -0.976. The first kappa shape index (κ1) is 37.1. The SMILES string of the molecule is CCC(O)C(C)=C1OC1CC(C)(O)CC/C=C(\C)C1OC(=O)CC(O)CCC(C)C(OC(=O)N2CCN(CC)CC2)/C=C/C1C. The molecule has 0 aromatic carbocycles. The summed E-state index contributed by atoms with van der Waals surface area (Å²) in [6.07, 6.45) is 5.93. The van der Waals surface area contributed by atoms with Crippen LogP contribution in [0.25, 0.3) is 0 Å². The lowest BCUT2D eigenvalue weighted by Gasteiger charge is -2.34. The number of epoxide rings is 1. The van der Waals surface area contributed by atoms with Crippen LogP contribution in [0.3, 0.4) is 0 Å². The lowest BCUT2D eigenvalue weighted by molar-refractivity contribution is -0.151.